The summed E-state index contributed by atoms with van der Waals surface area (Å²) in [4.78, 5) is 11.4. The first-order chi connectivity index (χ1) is 11.9. The first-order valence-electron chi connectivity index (χ1n) is 8.59. The van der Waals surface area contributed by atoms with Gasteiger partial charge in [0.1, 0.15) is 5.75 Å². The van der Waals surface area contributed by atoms with Crippen LogP contribution in [0.1, 0.15) is 37.3 Å². The fourth-order valence-corrected chi connectivity index (χ4v) is 2.82. The van der Waals surface area contributed by atoms with Crippen molar-refractivity contribution in [2.45, 2.75) is 38.8 Å². The fourth-order valence-electron chi connectivity index (χ4n) is 2.82. The molecule has 0 aromatic heterocycles. The minimum absolute atomic E-state index is 0.0560. The fraction of sp³-hybridized carbons (Fsp3) is 0.611. The third-order valence-electron chi connectivity index (χ3n) is 4.21. The van der Waals surface area contributed by atoms with Crippen LogP contribution in [0.5, 0.6) is 5.75 Å². The Kier molecular flexibility index (Phi) is 7.11. The molecule has 1 heterocycles. The highest BCUT2D eigenvalue weighted by Crippen LogP contribution is 2.37. The van der Waals surface area contributed by atoms with Crippen molar-refractivity contribution in [3.63, 3.8) is 0 Å². The molecule has 0 unspecified atom stereocenters. The van der Waals surface area contributed by atoms with Crippen molar-refractivity contribution >= 4 is 5.97 Å². The van der Waals surface area contributed by atoms with Crippen molar-refractivity contribution < 1.29 is 27.4 Å². The van der Waals surface area contributed by atoms with Gasteiger partial charge in [0.15, 0.2) is 0 Å². The van der Waals surface area contributed by atoms with Gasteiger partial charge >= 0.3 is 12.1 Å². The number of hydrogen-bond acceptors (Lipinski definition) is 4. The normalized spacial score (nSPS) is 15.8. The number of hydrogen-bond donors (Lipinski definition) is 1. The Bertz CT molecular complexity index is 569. The van der Waals surface area contributed by atoms with Crippen LogP contribution in [-0.4, -0.2) is 32.3 Å². The molecule has 0 radical (unpaired) electrons. The number of esters is 1. The Morgan fingerprint density at radius 2 is 2.00 bits per heavy atom. The van der Waals surface area contributed by atoms with Gasteiger partial charge in [0.05, 0.1) is 18.8 Å². The van der Waals surface area contributed by atoms with Crippen molar-refractivity contribution in [2.75, 3.05) is 26.3 Å². The van der Waals surface area contributed by atoms with E-state index in [2.05, 4.69) is 5.32 Å². The topological polar surface area (TPSA) is 47.6 Å². The van der Waals surface area contributed by atoms with Crippen LogP contribution in [-0.2, 0) is 22.1 Å². The second kappa shape index (κ2) is 9.08. The van der Waals surface area contributed by atoms with Crippen LogP contribution in [0.2, 0.25) is 0 Å². The molecule has 7 heteroatoms. The number of rotatable bonds is 7. The second-order valence-corrected chi connectivity index (χ2v) is 6.14. The van der Waals surface area contributed by atoms with E-state index in [0.29, 0.717) is 5.56 Å². The SMILES string of the molecule is CCOC(=O)CCc1ccc(OCC2CCNCC2)c(C(F)(F)F)c1. The third-order valence-corrected chi connectivity index (χ3v) is 4.21. The van der Waals surface area contributed by atoms with Gasteiger partial charge in [0.25, 0.3) is 0 Å². The molecule has 1 aliphatic rings. The van der Waals surface area contributed by atoms with Crippen LogP contribution in [0.3, 0.4) is 0 Å². The van der Waals surface area contributed by atoms with Gasteiger partial charge in [-0.25, -0.2) is 0 Å². The Labute approximate surface area is 145 Å². The first-order valence-corrected chi connectivity index (χ1v) is 8.59. The molecule has 25 heavy (non-hydrogen) atoms. The maximum atomic E-state index is 13.3. The molecule has 0 amide bonds. The first kappa shape index (κ1) is 19.6. The van der Waals surface area contributed by atoms with Crippen molar-refractivity contribution in [1.82, 2.24) is 5.32 Å². The van der Waals surface area contributed by atoms with Gasteiger partial charge in [-0.3, -0.25) is 4.79 Å². The van der Waals surface area contributed by atoms with Gasteiger partial charge in [0.2, 0.25) is 0 Å². The number of carbonyl (C=O) groups excluding carboxylic acids is 1. The standard InChI is InChI=1S/C18H24F3NO3/c1-2-24-17(23)6-4-13-3-5-16(15(11-13)18(19,20)21)25-12-14-7-9-22-10-8-14/h3,5,11,14,22H,2,4,6-10,12H2,1H3. The minimum atomic E-state index is -4.50. The van der Waals surface area contributed by atoms with Crippen molar-refractivity contribution in [3.05, 3.63) is 29.3 Å². The van der Waals surface area contributed by atoms with E-state index >= 15 is 0 Å². The van der Waals surface area contributed by atoms with Crippen LogP contribution in [0.15, 0.2) is 18.2 Å². The number of carbonyl (C=O) groups is 1. The molecular weight excluding hydrogens is 335 g/mol. The molecule has 1 aliphatic heterocycles. The quantitative estimate of drug-likeness (QED) is 0.756. The second-order valence-electron chi connectivity index (χ2n) is 6.14. The smallest absolute Gasteiger partial charge is 0.419 e. The van der Waals surface area contributed by atoms with Gasteiger partial charge in [-0.1, -0.05) is 6.07 Å². The molecule has 1 aromatic rings. The summed E-state index contributed by atoms with van der Waals surface area (Å²) in [5.41, 5.74) is -0.350. The summed E-state index contributed by atoms with van der Waals surface area (Å²) in [6, 6.07) is 3.99. The number of piperidine rings is 1. The molecule has 0 aliphatic carbocycles. The largest absolute Gasteiger partial charge is 0.493 e. The summed E-state index contributed by atoms with van der Waals surface area (Å²) in [5, 5.41) is 3.21. The molecule has 0 saturated carbocycles. The molecule has 0 bridgehead atoms. The molecule has 0 atom stereocenters. The van der Waals surface area contributed by atoms with Gasteiger partial charge in [-0.15, -0.1) is 0 Å². The van der Waals surface area contributed by atoms with E-state index < -0.39 is 17.7 Å². The van der Waals surface area contributed by atoms with Crippen LogP contribution >= 0.6 is 0 Å². The average molecular weight is 359 g/mol. The molecule has 1 fully saturated rings. The number of benzene rings is 1. The lowest BCUT2D eigenvalue weighted by molar-refractivity contribution is -0.143. The Morgan fingerprint density at radius 1 is 1.28 bits per heavy atom. The summed E-state index contributed by atoms with van der Waals surface area (Å²) in [6.45, 7) is 3.97. The van der Waals surface area contributed by atoms with E-state index in [1.807, 2.05) is 0 Å². The lowest BCUT2D eigenvalue weighted by Gasteiger charge is -2.23. The predicted octanol–water partition coefficient (Wildman–Crippen LogP) is 3.58. The van der Waals surface area contributed by atoms with Crippen LogP contribution < -0.4 is 10.1 Å². The zero-order valence-electron chi connectivity index (χ0n) is 14.3. The summed E-state index contributed by atoms with van der Waals surface area (Å²) in [6.07, 6.45) is -2.43. The summed E-state index contributed by atoms with van der Waals surface area (Å²) >= 11 is 0. The highest BCUT2D eigenvalue weighted by Gasteiger charge is 2.35. The number of aryl methyl sites for hydroxylation is 1. The maximum absolute atomic E-state index is 13.3. The monoisotopic (exact) mass is 359 g/mol. The Morgan fingerprint density at radius 3 is 2.64 bits per heavy atom. The van der Waals surface area contributed by atoms with E-state index in [-0.39, 0.29) is 37.7 Å². The van der Waals surface area contributed by atoms with Crippen molar-refractivity contribution in [3.8, 4) is 5.75 Å². The van der Waals surface area contributed by atoms with E-state index in [1.165, 1.54) is 6.07 Å². The number of alkyl halides is 3. The molecule has 1 saturated heterocycles. The van der Waals surface area contributed by atoms with Gasteiger partial charge < -0.3 is 14.8 Å². The molecule has 1 N–H and O–H groups in total. The third kappa shape index (κ3) is 6.23. The summed E-state index contributed by atoms with van der Waals surface area (Å²) in [5.74, 6) is -0.293. The highest BCUT2D eigenvalue weighted by atomic mass is 19.4. The zero-order chi connectivity index (χ0) is 18.3. The summed E-state index contributed by atoms with van der Waals surface area (Å²) < 4.78 is 50.3. The van der Waals surface area contributed by atoms with Gasteiger partial charge in [-0.2, -0.15) is 13.2 Å². The Balaban J connectivity index is 2.04. The van der Waals surface area contributed by atoms with Crippen molar-refractivity contribution in [2.24, 2.45) is 5.92 Å². The van der Waals surface area contributed by atoms with Crippen LogP contribution in [0, 0.1) is 5.92 Å². The molecule has 2 rings (SSSR count). The molecule has 1 aromatic carbocycles. The highest BCUT2D eigenvalue weighted by molar-refractivity contribution is 5.69. The number of halogens is 3. The van der Waals surface area contributed by atoms with E-state index in [0.717, 1.165) is 32.0 Å². The van der Waals surface area contributed by atoms with Crippen molar-refractivity contribution in [1.29, 1.82) is 0 Å². The maximum Gasteiger partial charge on any atom is 0.419 e. The van der Waals surface area contributed by atoms with E-state index in [4.69, 9.17) is 9.47 Å². The van der Waals surface area contributed by atoms with Crippen LogP contribution in [0.25, 0.3) is 0 Å². The molecule has 4 nitrogen and oxygen atoms in total. The summed E-state index contributed by atoms with van der Waals surface area (Å²) in [7, 11) is 0. The Hall–Kier alpha value is -1.76. The molecule has 0 spiro atoms. The molecular formula is C18H24F3NO3. The lowest BCUT2D eigenvalue weighted by Crippen LogP contribution is -2.30. The average Bonchev–Trinajstić information content (AvgIpc) is 2.59. The van der Waals surface area contributed by atoms with E-state index in [1.54, 1.807) is 13.0 Å². The van der Waals surface area contributed by atoms with Gasteiger partial charge in [0, 0.05) is 6.42 Å². The predicted molar refractivity (Wildman–Crippen MR) is 87.5 cm³/mol. The zero-order valence-corrected chi connectivity index (χ0v) is 14.3. The van der Waals surface area contributed by atoms with Gasteiger partial charge in [-0.05, 0) is 62.9 Å². The number of ether oxygens (including phenoxy) is 2. The lowest BCUT2D eigenvalue weighted by atomic mass is 9.99. The number of nitrogens with one attached hydrogen (secondary N) is 1. The molecule has 140 valence electrons. The van der Waals surface area contributed by atoms with Crippen LogP contribution in [0.4, 0.5) is 13.2 Å². The van der Waals surface area contributed by atoms with E-state index in [9.17, 15) is 18.0 Å². The minimum Gasteiger partial charge on any atom is -0.493 e.